The molecule has 0 radical (unpaired) electrons. The lowest BCUT2D eigenvalue weighted by Gasteiger charge is -2.22. The topological polar surface area (TPSA) is 69.6 Å². The Morgan fingerprint density at radius 2 is 1.05 bits per heavy atom. The van der Waals surface area contributed by atoms with E-state index in [9.17, 15) is 0 Å². The van der Waals surface area contributed by atoms with E-state index in [2.05, 4.69) is 146 Å². The van der Waals surface area contributed by atoms with Crippen molar-refractivity contribution in [2.24, 2.45) is 0 Å². The zero-order chi connectivity index (χ0) is 36.7. The van der Waals surface area contributed by atoms with E-state index < -0.39 is 0 Å². The number of hydrogen-bond donors (Lipinski definition) is 0. The molecule has 0 aliphatic heterocycles. The van der Waals surface area contributed by atoms with Crippen LogP contribution in [0.2, 0.25) is 0 Å². The maximum atomic E-state index is 6.57. The molecule has 1 aliphatic rings. The molecular formula is C49H33N5O. The minimum atomic E-state index is -0.372. The minimum Gasteiger partial charge on any atom is -0.436 e. The predicted octanol–water partition coefficient (Wildman–Crippen LogP) is 12.1. The average molecular weight is 708 g/mol. The molecule has 55 heavy (non-hydrogen) atoms. The van der Waals surface area contributed by atoms with Crippen LogP contribution in [0.1, 0.15) is 25.0 Å². The molecule has 0 saturated carbocycles. The first-order valence-corrected chi connectivity index (χ1v) is 18.6. The van der Waals surface area contributed by atoms with Gasteiger partial charge in [0.1, 0.15) is 5.52 Å². The molecule has 1 aliphatic carbocycles. The third-order valence-corrected chi connectivity index (χ3v) is 11.1. The highest BCUT2D eigenvalue weighted by molar-refractivity contribution is 6.09. The molecule has 3 aromatic heterocycles. The van der Waals surface area contributed by atoms with Crippen molar-refractivity contribution in [1.82, 2.24) is 24.5 Å². The van der Waals surface area contributed by atoms with Crippen molar-refractivity contribution in [3.05, 3.63) is 175 Å². The number of hydrogen-bond acceptors (Lipinski definition) is 5. The van der Waals surface area contributed by atoms with Crippen LogP contribution >= 0.6 is 0 Å². The number of benzene rings is 7. The van der Waals surface area contributed by atoms with Crippen molar-refractivity contribution < 1.29 is 4.42 Å². The van der Waals surface area contributed by atoms with Gasteiger partial charge in [-0.3, -0.25) is 4.57 Å². The number of oxazole rings is 1. The molecule has 6 nitrogen and oxygen atoms in total. The average Bonchev–Trinajstić information content (AvgIpc) is 3.90. The van der Waals surface area contributed by atoms with Gasteiger partial charge in [0.25, 0.3) is 0 Å². The van der Waals surface area contributed by atoms with Crippen molar-refractivity contribution in [3.63, 3.8) is 0 Å². The Balaban J connectivity index is 1.10. The van der Waals surface area contributed by atoms with E-state index in [-0.39, 0.29) is 5.41 Å². The van der Waals surface area contributed by atoms with Crippen molar-refractivity contribution in [3.8, 4) is 62.4 Å². The Morgan fingerprint density at radius 3 is 1.76 bits per heavy atom. The molecule has 0 N–H and O–H groups in total. The largest absolute Gasteiger partial charge is 0.436 e. The third-order valence-electron chi connectivity index (χ3n) is 11.1. The van der Waals surface area contributed by atoms with E-state index >= 15 is 0 Å². The van der Waals surface area contributed by atoms with Crippen LogP contribution < -0.4 is 0 Å². The van der Waals surface area contributed by atoms with Gasteiger partial charge in [0.2, 0.25) is 11.8 Å². The molecule has 10 aromatic rings. The van der Waals surface area contributed by atoms with Gasteiger partial charge in [-0.05, 0) is 70.3 Å². The van der Waals surface area contributed by atoms with E-state index in [0.29, 0.717) is 23.5 Å². The number of fused-ring (bicyclic) bond motifs is 8. The zero-order valence-corrected chi connectivity index (χ0v) is 30.2. The molecule has 3 heterocycles. The van der Waals surface area contributed by atoms with Crippen molar-refractivity contribution >= 4 is 32.9 Å². The van der Waals surface area contributed by atoms with Gasteiger partial charge in [0.05, 0.1) is 11.0 Å². The quantitative estimate of drug-likeness (QED) is 0.178. The minimum absolute atomic E-state index is 0.372. The molecule has 0 amide bonds. The van der Waals surface area contributed by atoms with E-state index in [1.807, 2.05) is 36.4 Å². The summed E-state index contributed by atoms with van der Waals surface area (Å²) in [6.45, 7) is 4.53. The van der Waals surface area contributed by atoms with Crippen LogP contribution in [0, 0.1) is 0 Å². The van der Waals surface area contributed by atoms with Crippen LogP contribution in [0.5, 0.6) is 0 Å². The maximum absolute atomic E-state index is 6.57. The molecule has 11 rings (SSSR count). The second-order valence-electron chi connectivity index (χ2n) is 14.7. The predicted molar refractivity (Wildman–Crippen MR) is 221 cm³/mol. The fourth-order valence-corrected chi connectivity index (χ4v) is 8.44. The van der Waals surface area contributed by atoms with Crippen LogP contribution in [0.25, 0.3) is 95.3 Å². The van der Waals surface area contributed by atoms with E-state index in [1.54, 1.807) is 0 Å². The molecular weight excluding hydrogens is 675 g/mol. The summed E-state index contributed by atoms with van der Waals surface area (Å²) < 4.78 is 8.73. The van der Waals surface area contributed by atoms with Gasteiger partial charge in [-0.15, -0.1) is 0 Å². The van der Waals surface area contributed by atoms with Crippen LogP contribution in [-0.2, 0) is 5.41 Å². The van der Waals surface area contributed by atoms with E-state index in [4.69, 9.17) is 24.4 Å². The summed E-state index contributed by atoms with van der Waals surface area (Å²) in [6, 6.07) is 56.7. The number of aromatic nitrogens is 5. The summed E-state index contributed by atoms with van der Waals surface area (Å²) in [5.74, 6) is 2.42. The lowest BCUT2D eigenvalue weighted by atomic mass is 9.81. The van der Waals surface area contributed by atoms with Gasteiger partial charge in [-0.25, -0.2) is 9.97 Å². The Kier molecular flexibility index (Phi) is 6.79. The molecule has 0 atom stereocenters. The SMILES string of the molecule is CC1(C)c2cc(-c3nc(-c4cccc(-c5ccccc5)c4)nc(-n4c5ccccc5c5ccccc54)n3)ccc2-c2ccc3nc(-c4ccccc4)oc3c21. The Labute approximate surface area is 317 Å². The molecule has 0 saturated heterocycles. The number of para-hydroxylation sites is 2. The van der Waals surface area contributed by atoms with E-state index in [0.717, 1.165) is 71.8 Å². The smallest absolute Gasteiger partial charge is 0.238 e. The Hall–Kier alpha value is -7.18. The summed E-state index contributed by atoms with van der Waals surface area (Å²) in [5.41, 5.74) is 13.1. The van der Waals surface area contributed by atoms with Crippen LogP contribution in [0.15, 0.2) is 168 Å². The lowest BCUT2D eigenvalue weighted by Crippen LogP contribution is -2.15. The van der Waals surface area contributed by atoms with Gasteiger partial charge in [0, 0.05) is 38.4 Å². The second-order valence-corrected chi connectivity index (χ2v) is 14.7. The fraction of sp³-hybridized carbons (Fsp3) is 0.0612. The van der Waals surface area contributed by atoms with Crippen LogP contribution in [0.3, 0.4) is 0 Å². The Morgan fingerprint density at radius 1 is 0.473 bits per heavy atom. The van der Waals surface area contributed by atoms with Crippen molar-refractivity contribution in [2.45, 2.75) is 19.3 Å². The highest BCUT2D eigenvalue weighted by Gasteiger charge is 2.39. The summed E-state index contributed by atoms with van der Waals surface area (Å²) in [7, 11) is 0. The normalized spacial score (nSPS) is 13.1. The first-order valence-electron chi connectivity index (χ1n) is 18.6. The molecule has 6 heteroatoms. The molecule has 0 unspecified atom stereocenters. The monoisotopic (exact) mass is 707 g/mol. The van der Waals surface area contributed by atoms with Crippen LogP contribution in [0.4, 0.5) is 0 Å². The number of rotatable bonds is 5. The molecule has 260 valence electrons. The second kappa shape index (κ2) is 11.9. The standard InChI is InChI=1S/C49H33N5O/c1-49(2)39-29-34(24-25-35(39)38-26-27-40-44(43(38)49)55-47(50-40)31-16-7-4-8-17-31)46-51-45(33-19-13-18-32(28-33)30-14-5-3-6-15-30)52-48(53-46)54-41-22-11-9-20-36(41)37-21-10-12-23-42(37)54/h3-29H,1-2H3. The van der Waals surface area contributed by atoms with Gasteiger partial charge >= 0.3 is 0 Å². The van der Waals surface area contributed by atoms with Crippen LogP contribution in [-0.4, -0.2) is 24.5 Å². The zero-order valence-electron chi connectivity index (χ0n) is 30.2. The highest BCUT2D eigenvalue weighted by Crippen LogP contribution is 2.52. The summed E-state index contributed by atoms with van der Waals surface area (Å²) in [6.07, 6.45) is 0. The molecule has 0 spiro atoms. The van der Waals surface area contributed by atoms with Gasteiger partial charge in [-0.1, -0.05) is 135 Å². The summed E-state index contributed by atoms with van der Waals surface area (Å²) in [4.78, 5) is 20.6. The third kappa shape index (κ3) is 4.88. The van der Waals surface area contributed by atoms with Gasteiger partial charge in [-0.2, -0.15) is 9.97 Å². The fourth-order valence-electron chi connectivity index (χ4n) is 8.44. The maximum Gasteiger partial charge on any atom is 0.238 e. The molecule has 7 aromatic carbocycles. The first-order chi connectivity index (χ1) is 27.0. The summed E-state index contributed by atoms with van der Waals surface area (Å²) in [5, 5.41) is 2.30. The van der Waals surface area contributed by atoms with E-state index in [1.165, 1.54) is 11.1 Å². The Bertz CT molecular complexity index is 3070. The van der Waals surface area contributed by atoms with Crippen molar-refractivity contribution in [2.75, 3.05) is 0 Å². The van der Waals surface area contributed by atoms with Crippen molar-refractivity contribution in [1.29, 1.82) is 0 Å². The molecule has 0 bridgehead atoms. The number of nitrogens with zero attached hydrogens (tertiary/aromatic N) is 5. The molecule has 0 fully saturated rings. The van der Waals surface area contributed by atoms with Gasteiger partial charge < -0.3 is 4.42 Å². The summed E-state index contributed by atoms with van der Waals surface area (Å²) >= 11 is 0. The lowest BCUT2D eigenvalue weighted by molar-refractivity contribution is 0.593. The van der Waals surface area contributed by atoms with Gasteiger partial charge in [0.15, 0.2) is 17.2 Å². The first kappa shape index (κ1) is 31.4. The highest BCUT2D eigenvalue weighted by atomic mass is 16.3.